The molecule has 0 aliphatic heterocycles. The highest BCUT2D eigenvalue weighted by atomic mass is 19.4. The third kappa shape index (κ3) is 3.21. The number of aliphatic hydroxyl groups excluding tert-OH is 1. The smallest absolute Gasteiger partial charge is 0.385 e. The van der Waals surface area contributed by atoms with Crippen molar-refractivity contribution in [2.24, 2.45) is 0 Å². The molecule has 1 saturated carbocycles. The van der Waals surface area contributed by atoms with E-state index >= 15 is 0 Å². The molecule has 0 aromatic heterocycles. The number of aliphatic hydroxyl groups is 1. The molecule has 0 heterocycles. The topological polar surface area (TPSA) is 29.5 Å². The number of alkyl halides is 3. The van der Waals surface area contributed by atoms with Gasteiger partial charge in [0.25, 0.3) is 0 Å². The van der Waals surface area contributed by atoms with Crippen LogP contribution in [0.1, 0.15) is 49.8 Å². The summed E-state index contributed by atoms with van der Waals surface area (Å²) in [6.45, 7) is 2.18. The third-order valence-electron chi connectivity index (χ3n) is 3.99. The van der Waals surface area contributed by atoms with Crippen LogP contribution in [0.15, 0.2) is 18.2 Å². The fourth-order valence-corrected chi connectivity index (χ4v) is 2.99. The number of ether oxygens (including phenoxy) is 1. The summed E-state index contributed by atoms with van der Waals surface area (Å²) < 4.78 is 56.9. The summed E-state index contributed by atoms with van der Waals surface area (Å²) in [6.07, 6.45) is -2.88. The van der Waals surface area contributed by atoms with E-state index in [4.69, 9.17) is 4.74 Å². The molecule has 2 rings (SSSR count). The first-order valence-corrected chi connectivity index (χ1v) is 6.99. The molecule has 118 valence electrons. The van der Waals surface area contributed by atoms with Crippen LogP contribution in [0.5, 0.6) is 0 Å². The molecular weight excluding hydrogens is 288 g/mol. The summed E-state index contributed by atoms with van der Waals surface area (Å²) in [6, 6.07) is 2.55. The van der Waals surface area contributed by atoms with Crippen molar-refractivity contribution in [1.29, 1.82) is 0 Å². The van der Waals surface area contributed by atoms with Crippen molar-refractivity contribution >= 4 is 0 Å². The third-order valence-corrected chi connectivity index (χ3v) is 3.99. The van der Waals surface area contributed by atoms with Gasteiger partial charge in [-0.2, -0.15) is 13.2 Å². The number of hydrogen-bond donors (Lipinski definition) is 1. The highest BCUT2D eigenvalue weighted by Crippen LogP contribution is 2.43. The molecule has 0 amide bonds. The van der Waals surface area contributed by atoms with Gasteiger partial charge in [-0.05, 0) is 37.5 Å². The van der Waals surface area contributed by atoms with Gasteiger partial charge < -0.3 is 9.84 Å². The zero-order chi connectivity index (χ0) is 15.7. The standard InChI is InChI=1S/C15H18F4O2/c1-2-21-14(7-3-4-8-14)13(20)10-5-6-11(12(16)9-10)15(17,18)19/h5-6,9,13,20H,2-4,7-8H2,1H3. The van der Waals surface area contributed by atoms with E-state index < -0.39 is 29.3 Å². The number of rotatable bonds is 4. The Hall–Kier alpha value is -1.14. The van der Waals surface area contributed by atoms with Crippen LogP contribution in [0.25, 0.3) is 0 Å². The molecule has 0 saturated heterocycles. The van der Waals surface area contributed by atoms with Crippen molar-refractivity contribution in [2.75, 3.05) is 6.61 Å². The first-order chi connectivity index (χ1) is 9.80. The average Bonchev–Trinajstić information content (AvgIpc) is 2.86. The van der Waals surface area contributed by atoms with Gasteiger partial charge in [0.15, 0.2) is 0 Å². The Kier molecular flexibility index (Phi) is 4.58. The summed E-state index contributed by atoms with van der Waals surface area (Å²) >= 11 is 0. The van der Waals surface area contributed by atoms with Gasteiger partial charge in [-0.3, -0.25) is 0 Å². The molecule has 1 aliphatic carbocycles. The molecule has 0 spiro atoms. The SMILES string of the molecule is CCOC1(C(O)c2ccc(C(F)(F)F)c(F)c2)CCCC1. The second-order valence-corrected chi connectivity index (χ2v) is 5.34. The van der Waals surface area contributed by atoms with Crippen LogP contribution in [-0.2, 0) is 10.9 Å². The lowest BCUT2D eigenvalue weighted by atomic mass is 9.88. The summed E-state index contributed by atoms with van der Waals surface area (Å²) in [4.78, 5) is 0. The largest absolute Gasteiger partial charge is 0.419 e. The maximum atomic E-state index is 13.6. The van der Waals surface area contributed by atoms with E-state index in [9.17, 15) is 22.7 Å². The molecule has 21 heavy (non-hydrogen) atoms. The van der Waals surface area contributed by atoms with Crippen molar-refractivity contribution in [3.05, 3.63) is 35.1 Å². The van der Waals surface area contributed by atoms with Gasteiger partial charge in [0.1, 0.15) is 11.9 Å². The van der Waals surface area contributed by atoms with E-state index in [1.165, 1.54) is 0 Å². The predicted octanol–water partition coefficient (Wildman–Crippen LogP) is 4.23. The van der Waals surface area contributed by atoms with Crippen LogP contribution in [0.3, 0.4) is 0 Å². The van der Waals surface area contributed by atoms with Crippen molar-refractivity contribution in [3.63, 3.8) is 0 Å². The number of halogens is 4. The van der Waals surface area contributed by atoms with Gasteiger partial charge in [-0.25, -0.2) is 4.39 Å². The molecule has 1 aromatic rings. The highest BCUT2D eigenvalue weighted by molar-refractivity contribution is 5.29. The molecule has 1 aromatic carbocycles. The Labute approximate surface area is 120 Å². The van der Waals surface area contributed by atoms with Crippen molar-refractivity contribution in [1.82, 2.24) is 0 Å². The quantitative estimate of drug-likeness (QED) is 0.844. The fraction of sp³-hybridized carbons (Fsp3) is 0.600. The minimum Gasteiger partial charge on any atom is -0.385 e. The molecule has 0 radical (unpaired) electrons. The van der Waals surface area contributed by atoms with E-state index in [1.54, 1.807) is 6.92 Å². The lowest BCUT2D eigenvalue weighted by molar-refractivity contribution is -0.140. The zero-order valence-corrected chi connectivity index (χ0v) is 11.7. The first-order valence-electron chi connectivity index (χ1n) is 6.99. The van der Waals surface area contributed by atoms with Crippen LogP contribution >= 0.6 is 0 Å². The lowest BCUT2D eigenvalue weighted by Crippen LogP contribution is -2.36. The summed E-state index contributed by atoms with van der Waals surface area (Å²) in [7, 11) is 0. The summed E-state index contributed by atoms with van der Waals surface area (Å²) in [5.74, 6) is -1.37. The van der Waals surface area contributed by atoms with Gasteiger partial charge in [0.05, 0.1) is 11.2 Å². The Morgan fingerprint density at radius 2 is 1.90 bits per heavy atom. The second kappa shape index (κ2) is 5.93. The van der Waals surface area contributed by atoms with Crippen molar-refractivity contribution < 1.29 is 27.4 Å². The van der Waals surface area contributed by atoms with Gasteiger partial charge in [0, 0.05) is 6.61 Å². The van der Waals surface area contributed by atoms with Crippen LogP contribution in [0.2, 0.25) is 0 Å². The van der Waals surface area contributed by atoms with Gasteiger partial charge in [-0.1, -0.05) is 18.9 Å². The fourth-order valence-electron chi connectivity index (χ4n) is 2.99. The van der Waals surface area contributed by atoms with Crippen LogP contribution in [0, 0.1) is 5.82 Å². The van der Waals surface area contributed by atoms with E-state index in [0.29, 0.717) is 25.5 Å². The normalized spacial score (nSPS) is 19.7. The van der Waals surface area contributed by atoms with Crippen molar-refractivity contribution in [3.8, 4) is 0 Å². The first kappa shape index (κ1) is 16.2. The molecule has 1 fully saturated rings. The predicted molar refractivity (Wildman–Crippen MR) is 69.2 cm³/mol. The monoisotopic (exact) mass is 306 g/mol. The average molecular weight is 306 g/mol. The second-order valence-electron chi connectivity index (χ2n) is 5.34. The maximum absolute atomic E-state index is 13.6. The van der Waals surface area contributed by atoms with Crippen LogP contribution < -0.4 is 0 Å². The van der Waals surface area contributed by atoms with Gasteiger partial charge in [0.2, 0.25) is 0 Å². The molecule has 0 bridgehead atoms. The Morgan fingerprint density at radius 1 is 1.29 bits per heavy atom. The summed E-state index contributed by atoms with van der Waals surface area (Å²) in [5.41, 5.74) is -2.02. The molecular formula is C15H18F4O2. The molecule has 1 unspecified atom stereocenters. The van der Waals surface area contributed by atoms with Crippen LogP contribution in [0.4, 0.5) is 17.6 Å². The van der Waals surface area contributed by atoms with E-state index in [-0.39, 0.29) is 5.56 Å². The zero-order valence-electron chi connectivity index (χ0n) is 11.7. The minimum absolute atomic E-state index is 0.121. The van der Waals surface area contributed by atoms with Gasteiger partial charge in [-0.15, -0.1) is 0 Å². The Balaban J connectivity index is 2.31. The van der Waals surface area contributed by atoms with E-state index in [0.717, 1.165) is 25.0 Å². The lowest BCUT2D eigenvalue weighted by Gasteiger charge is -2.34. The number of benzene rings is 1. The Morgan fingerprint density at radius 3 is 2.38 bits per heavy atom. The summed E-state index contributed by atoms with van der Waals surface area (Å²) in [5, 5.41) is 10.4. The molecule has 1 aliphatic rings. The molecule has 6 heteroatoms. The minimum atomic E-state index is -4.74. The van der Waals surface area contributed by atoms with E-state index in [1.807, 2.05) is 0 Å². The van der Waals surface area contributed by atoms with Gasteiger partial charge >= 0.3 is 6.18 Å². The van der Waals surface area contributed by atoms with Crippen molar-refractivity contribution in [2.45, 2.75) is 50.5 Å². The highest BCUT2D eigenvalue weighted by Gasteiger charge is 2.43. The van der Waals surface area contributed by atoms with E-state index in [2.05, 4.69) is 0 Å². The number of hydrogen-bond acceptors (Lipinski definition) is 2. The molecule has 1 N–H and O–H groups in total. The Bertz CT molecular complexity index is 493. The molecule has 1 atom stereocenters. The molecule has 2 nitrogen and oxygen atoms in total. The van der Waals surface area contributed by atoms with Crippen LogP contribution in [-0.4, -0.2) is 17.3 Å². The maximum Gasteiger partial charge on any atom is 0.419 e.